The van der Waals surface area contributed by atoms with Crippen molar-refractivity contribution in [2.45, 2.75) is 26.2 Å². The van der Waals surface area contributed by atoms with Crippen molar-refractivity contribution < 1.29 is 8.78 Å². The molecule has 1 heterocycles. The van der Waals surface area contributed by atoms with Crippen LogP contribution >= 0.6 is 0 Å². The smallest absolute Gasteiger partial charge is 0.151 e. The van der Waals surface area contributed by atoms with Crippen LogP contribution in [0.15, 0.2) is 12.1 Å². The van der Waals surface area contributed by atoms with Gasteiger partial charge in [0.15, 0.2) is 5.82 Å². The van der Waals surface area contributed by atoms with Crippen LogP contribution in [0.1, 0.15) is 26.2 Å². The van der Waals surface area contributed by atoms with E-state index < -0.39 is 11.6 Å². The van der Waals surface area contributed by atoms with Gasteiger partial charge in [0, 0.05) is 19.2 Å². The van der Waals surface area contributed by atoms with E-state index in [0.717, 1.165) is 37.9 Å². The molecule has 4 heteroatoms. The summed E-state index contributed by atoms with van der Waals surface area (Å²) in [6.07, 6.45) is 3.29. The summed E-state index contributed by atoms with van der Waals surface area (Å²) in [7, 11) is 0. The third-order valence-electron chi connectivity index (χ3n) is 3.61. The summed E-state index contributed by atoms with van der Waals surface area (Å²) >= 11 is 0. The number of nitrogens with two attached hydrogens (primary N) is 1. The molecule has 0 spiro atoms. The van der Waals surface area contributed by atoms with Crippen molar-refractivity contribution in [1.82, 2.24) is 0 Å². The normalized spacial score (nSPS) is 17.5. The van der Waals surface area contributed by atoms with Crippen molar-refractivity contribution in [1.29, 1.82) is 0 Å². The standard InChI is InChI=1S/C13H18F2N2/c1-2-9-3-5-17(6-4-9)12-8-10(14)7-11(15)13(12)16/h7-9H,2-6,16H2,1H3. The molecule has 0 atom stereocenters. The van der Waals surface area contributed by atoms with E-state index in [1.165, 1.54) is 12.5 Å². The summed E-state index contributed by atoms with van der Waals surface area (Å²) in [5.74, 6) is -0.507. The Hall–Kier alpha value is -1.32. The summed E-state index contributed by atoms with van der Waals surface area (Å²) in [4.78, 5) is 1.98. The second kappa shape index (κ2) is 4.90. The number of halogens is 2. The molecule has 1 saturated heterocycles. The van der Waals surface area contributed by atoms with Crippen LogP contribution in [-0.2, 0) is 0 Å². The molecule has 94 valence electrons. The van der Waals surface area contributed by atoms with Gasteiger partial charge in [-0.05, 0) is 24.8 Å². The zero-order valence-corrected chi connectivity index (χ0v) is 10.0. The minimum absolute atomic E-state index is 0.0568. The molecule has 1 aromatic rings. The maximum Gasteiger partial charge on any atom is 0.151 e. The molecule has 1 fully saturated rings. The fraction of sp³-hybridized carbons (Fsp3) is 0.538. The van der Waals surface area contributed by atoms with Gasteiger partial charge in [-0.3, -0.25) is 0 Å². The number of nitrogen functional groups attached to an aromatic ring is 1. The Morgan fingerprint density at radius 3 is 2.53 bits per heavy atom. The maximum atomic E-state index is 13.3. The van der Waals surface area contributed by atoms with Crippen LogP contribution in [0, 0.1) is 17.6 Å². The van der Waals surface area contributed by atoms with Crippen LogP contribution in [0.3, 0.4) is 0 Å². The number of hydrogen-bond donors (Lipinski definition) is 1. The van der Waals surface area contributed by atoms with Gasteiger partial charge in [0.2, 0.25) is 0 Å². The minimum atomic E-state index is -0.669. The van der Waals surface area contributed by atoms with Crippen LogP contribution in [-0.4, -0.2) is 13.1 Å². The molecule has 1 aliphatic rings. The summed E-state index contributed by atoms with van der Waals surface area (Å²) in [6.45, 7) is 3.83. The molecule has 0 unspecified atom stereocenters. The summed E-state index contributed by atoms with van der Waals surface area (Å²) in [5, 5.41) is 0. The van der Waals surface area contributed by atoms with Crippen LogP contribution in [0.5, 0.6) is 0 Å². The molecular weight excluding hydrogens is 222 g/mol. The fourth-order valence-electron chi connectivity index (χ4n) is 2.41. The lowest BCUT2D eigenvalue weighted by Gasteiger charge is -2.34. The number of nitrogens with zero attached hydrogens (tertiary/aromatic N) is 1. The molecule has 2 nitrogen and oxygen atoms in total. The van der Waals surface area contributed by atoms with Gasteiger partial charge in [-0.1, -0.05) is 13.3 Å². The molecule has 17 heavy (non-hydrogen) atoms. The highest BCUT2D eigenvalue weighted by molar-refractivity contribution is 5.68. The average Bonchev–Trinajstić information content (AvgIpc) is 2.34. The van der Waals surface area contributed by atoms with Crippen molar-refractivity contribution >= 4 is 11.4 Å². The van der Waals surface area contributed by atoms with Crippen molar-refractivity contribution in [3.05, 3.63) is 23.8 Å². The number of rotatable bonds is 2. The molecule has 0 aromatic heterocycles. The Kier molecular flexibility index (Phi) is 3.50. The van der Waals surface area contributed by atoms with Gasteiger partial charge < -0.3 is 10.6 Å². The quantitative estimate of drug-likeness (QED) is 0.804. The Labute approximate surface area is 100 Å². The SMILES string of the molecule is CCC1CCN(c2cc(F)cc(F)c2N)CC1. The summed E-state index contributed by atoms with van der Waals surface area (Å²) < 4.78 is 26.5. The summed E-state index contributed by atoms with van der Waals surface area (Å²) in [6, 6.07) is 2.16. The van der Waals surface area contributed by atoms with E-state index in [4.69, 9.17) is 5.73 Å². The lowest BCUT2D eigenvalue weighted by Crippen LogP contribution is -2.34. The highest BCUT2D eigenvalue weighted by Crippen LogP contribution is 2.31. The Bertz CT molecular complexity index is 399. The monoisotopic (exact) mass is 240 g/mol. The minimum Gasteiger partial charge on any atom is -0.395 e. The Morgan fingerprint density at radius 2 is 1.94 bits per heavy atom. The zero-order chi connectivity index (χ0) is 12.4. The first-order chi connectivity index (χ1) is 8.11. The Morgan fingerprint density at radius 1 is 1.29 bits per heavy atom. The molecular formula is C13H18F2N2. The van der Waals surface area contributed by atoms with Crippen molar-refractivity contribution in [2.24, 2.45) is 5.92 Å². The largest absolute Gasteiger partial charge is 0.395 e. The number of hydrogen-bond acceptors (Lipinski definition) is 2. The van der Waals surface area contributed by atoms with Gasteiger partial charge >= 0.3 is 0 Å². The number of benzene rings is 1. The molecule has 2 N–H and O–H groups in total. The Balaban J connectivity index is 2.18. The molecule has 0 aliphatic carbocycles. The summed E-state index contributed by atoms with van der Waals surface area (Å²) in [5.41, 5.74) is 6.22. The van der Waals surface area contributed by atoms with E-state index in [-0.39, 0.29) is 5.69 Å². The zero-order valence-electron chi connectivity index (χ0n) is 10.0. The van der Waals surface area contributed by atoms with Crippen LogP contribution in [0.25, 0.3) is 0 Å². The predicted octanol–water partition coefficient (Wildman–Crippen LogP) is 3.17. The second-order valence-electron chi connectivity index (χ2n) is 4.66. The van der Waals surface area contributed by atoms with Crippen LogP contribution < -0.4 is 10.6 Å². The molecule has 1 aliphatic heterocycles. The predicted molar refractivity (Wildman–Crippen MR) is 66.0 cm³/mol. The van der Waals surface area contributed by atoms with E-state index >= 15 is 0 Å². The van der Waals surface area contributed by atoms with Crippen molar-refractivity contribution in [3.8, 4) is 0 Å². The van der Waals surface area contributed by atoms with E-state index in [0.29, 0.717) is 5.69 Å². The van der Waals surface area contributed by atoms with E-state index in [9.17, 15) is 8.78 Å². The van der Waals surface area contributed by atoms with Gasteiger partial charge in [-0.15, -0.1) is 0 Å². The van der Waals surface area contributed by atoms with E-state index in [1.807, 2.05) is 4.90 Å². The van der Waals surface area contributed by atoms with Crippen LogP contribution in [0.4, 0.5) is 20.2 Å². The van der Waals surface area contributed by atoms with Crippen LogP contribution in [0.2, 0.25) is 0 Å². The second-order valence-corrected chi connectivity index (χ2v) is 4.66. The first-order valence-electron chi connectivity index (χ1n) is 6.11. The average molecular weight is 240 g/mol. The third kappa shape index (κ3) is 2.51. The van der Waals surface area contributed by atoms with Gasteiger partial charge in [0.1, 0.15) is 5.82 Å². The van der Waals surface area contributed by atoms with Gasteiger partial charge in [-0.25, -0.2) is 8.78 Å². The van der Waals surface area contributed by atoms with Gasteiger partial charge in [0.05, 0.1) is 11.4 Å². The molecule has 0 bridgehead atoms. The lowest BCUT2D eigenvalue weighted by molar-refractivity contribution is 0.395. The molecule has 2 rings (SSSR count). The molecule has 0 amide bonds. The molecule has 1 aromatic carbocycles. The maximum absolute atomic E-state index is 13.3. The first kappa shape index (κ1) is 12.1. The highest BCUT2D eigenvalue weighted by Gasteiger charge is 2.21. The van der Waals surface area contributed by atoms with Gasteiger partial charge in [-0.2, -0.15) is 0 Å². The van der Waals surface area contributed by atoms with E-state index in [1.54, 1.807) is 0 Å². The van der Waals surface area contributed by atoms with Crippen molar-refractivity contribution in [3.63, 3.8) is 0 Å². The highest BCUT2D eigenvalue weighted by atomic mass is 19.1. The lowest BCUT2D eigenvalue weighted by atomic mass is 9.94. The van der Waals surface area contributed by atoms with Crippen molar-refractivity contribution in [2.75, 3.05) is 23.7 Å². The number of piperidine rings is 1. The topological polar surface area (TPSA) is 29.3 Å². The third-order valence-corrected chi connectivity index (χ3v) is 3.61. The number of anilines is 2. The van der Waals surface area contributed by atoms with Gasteiger partial charge in [0.25, 0.3) is 0 Å². The first-order valence-corrected chi connectivity index (χ1v) is 6.11. The molecule has 0 saturated carbocycles. The fourth-order valence-corrected chi connectivity index (χ4v) is 2.41. The molecule has 0 radical (unpaired) electrons. The van der Waals surface area contributed by atoms with E-state index in [2.05, 4.69) is 6.92 Å².